The van der Waals surface area contributed by atoms with Crippen LogP contribution < -0.4 is 5.56 Å². The summed E-state index contributed by atoms with van der Waals surface area (Å²) < 4.78 is 24.0. The highest BCUT2D eigenvalue weighted by atomic mass is 19.1. The predicted molar refractivity (Wildman–Crippen MR) is 90.7 cm³/mol. The van der Waals surface area contributed by atoms with Crippen molar-refractivity contribution in [3.63, 3.8) is 0 Å². The summed E-state index contributed by atoms with van der Waals surface area (Å²) in [6, 6.07) is 4.14. The van der Waals surface area contributed by atoms with E-state index in [4.69, 9.17) is 4.74 Å². The van der Waals surface area contributed by atoms with Gasteiger partial charge < -0.3 is 4.74 Å². The Morgan fingerprint density at radius 2 is 2.12 bits per heavy atom. The van der Waals surface area contributed by atoms with Gasteiger partial charge in [0, 0.05) is 14.2 Å². The molecule has 0 amide bonds. The first-order valence-corrected chi connectivity index (χ1v) is 8.18. The van der Waals surface area contributed by atoms with E-state index < -0.39 is 11.4 Å². The van der Waals surface area contributed by atoms with E-state index in [0.29, 0.717) is 22.4 Å². The van der Waals surface area contributed by atoms with Crippen LogP contribution >= 0.6 is 0 Å². The molecule has 3 heterocycles. The number of hydrogen-bond donors (Lipinski definition) is 0. The maximum Gasteiger partial charge on any atom is 0.261 e. The smallest absolute Gasteiger partial charge is 0.261 e. The normalized spacial score (nSPS) is 15.8. The van der Waals surface area contributed by atoms with Gasteiger partial charge in [0.15, 0.2) is 11.5 Å². The minimum atomic E-state index is -0.455. The number of aryl methyl sites for hydroxylation is 1. The van der Waals surface area contributed by atoms with Crippen molar-refractivity contribution >= 4 is 16.6 Å². The molecule has 0 aliphatic heterocycles. The first-order chi connectivity index (χ1) is 12.6. The van der Waals surface area contributed by atoms with Gasteiger partial charge in [0.05, 0.1) is 22.8 Å². The van der Waals surface area contributed by atoms with Crippen LogP contribution in [-0.4, -0.2) is 36.1 Å². The number of rotatable bonds is 3. The topological polar surface area (TPSA) is 79.2 Å². The van der Waals surface area contributed by atoms with Crippen molar-refractivity contribution in [1.82, 2.24) is 28.9 Å². The van der Waals surface area contributed by atoms with Crippen LogP contribution in [0.4, 0.5) is 4.39 Å². The van der Waals surface area contributed by atoms with Gasteiger partial charge in [-0.25, -0.2) is 9.37 Å². The Hall–Kier alpha value is -3.07. The molecule has 0 radical (unpaired) electrons. The molecule has 9 heteroatoms. The fourth-order valence-corrected chi connectivity index (χ4v) is 3.52. The van der Waals surface area contributed by atoms with E-state index in [1.165, 1.54) is 16.7 Å². The Labute approximate surface area is 146 Å². The van der Waals surface area contributed by atoms with Crippen LogP contribution in [0.15, 0.2) is 35.5 Å². The zero-order valence-electron chi connectivity index (χ0n) is 14.2. The quantitative estimate of drug-likeness (QED) is 0.558. The standard InChI is InChI=1S/C17H15FN6O2/c1-22-15-14(24-13(8-20-21-24)17(26-2)5-6-17)19-9-23(15)12-4-3-10(18)7-11(12)16(22)25/h3-4,7-9H,5-6H2,1-2H3. The van der Waals surface area contributed by atoms with Gasteiger partial charge in [-0.3, -0.25) is 13.8 Å². The van der Waals surface area contributed by atoms with E-state index in [1.54, 1.807) is 41.8 Å². The van der Waals surface area contributed by atoms with Crippen LogP contribution in [0.2, 0.25) is 0 Å². The van der Waals surface area contributed by atoms with Crippen molar-refractivity contribution < 1.29 is 9.13 Å². The third kappa shape index (κ3) is 1.86. The highest BCUT2D eigenvalue weighted by Gasteiger charge is 2.48. The van der Waals surface area contributed by atoms with E-state index in [0.717, 1.165) is 18.5 Å². The molecule has 1 saturated carbocycles. The number of imidazole rings is 1. The number of fused-ring (bicyclic) bond motifs is 3. The van der Waals surface area contributed by atoms with E-state index >= 15 is 0 Å². The molecule has 0 N–H and O–H groups in total. The largest absolute Gasteiger partial charge is 0.372 e. The van der Waals surface area contributed by atoms with Crippen molar-refractivity contribution in [2.45, 2.75) is 18.4 Å². The summed E-state index contributed by atoms with van der Waals surface area (Å²) in [5, 5.41) is 8.47. The lowest BCUT2D eigenvalue weighted by atomic mass is 10.2. The maximum atomic E-state index is 13.6. The first kappa shape index (κ1) is 15.2. The van der Waals surface area contributed by atoms with Crippen molar-refractivity contribution in [2.75, 3.05) is 7.11 Å². The van der Waals surface area contributed by atoms with Gasteiger partial charge in [-0.2, -0.15) is 4.68 Å². The van der Waals surface area contributed by atoms with Gasteiger partial charge in [-0.1, -0.05) is 5.21 Å². The zero-order chi connectivity index (χ0) is 18.1. The highest BCUT2D eigenvalue weighted by Crippen LogP contribution is 2.48. The number of hydrogen-bond acceptors (Lipinski definition) is 5. The van der Waals surface area contributed by atoms with Crippen LogP contribution in [-0.2, 0) is 17.4 Å². The Morgan fingerprint density at radius 1 is 1.31 bits per heavy atom. The second-order valence-corrected chi connectivity index (χ2v) is 6.52. The predicted octanol–water partition coefficient (Wildman–Crippen LogP) is 1.54. The molecule has 1 aliphatic rings. The lowest BCUT2D eigenvalue weighted by Crippen LogP contribution is -2.22. The molecular formula is C17H15FN6O2. The molecule has 1 fully saturated rings. The fourth-order valence-electron chi connectivity index (χ4n) is 3.52. The Balaban J connectivity index is 1.85. The van der Waals surface area contributed by atoms with Crippen LogP contribution in [0.1, 0.15) is 18.5 Å². The second kappa shape index (κ2) is 4.98. The summed E-state index contributed by atoms with van der Waals surface area (Å²) in [5.74, 6) is 0.0234. The van der Waals surface area contributed by atoms with E-state index in [9.17, 15) is 9.18 Å². The summed E-state index contributed by atoms with van der Waals surface area (Å²) >= 11 is 0. The number of halogens is 1. The van der Waals surface area contributed by atoms with Gasteiger partial charge in [0.1, 0.15) is 17.7 Å². The Bertz CT molecular complexity index is 1230. The van der Waals surface area contributed by atoms with Gasteiger partial charge in [0.25, 0.3) is 5.56 Å². The molecule has 4 aromatic rings. The summed E-state index contributed by atoms with van der Waals surface area (Å²) in [6.45, 7) is 0. The Morgan fingerprint density at radius 3 is 2.85 bits per heavy atom. The molecule has 1 aromatic carbocycles. The molecule has 0 spiro atoms. The summed E-state index contributed by atoms with van der Waals surface area (Å²) in [4.78, 5) is 17.2. The van der Waals surface area contributed by atoms with Crippen LogP contribution in [0.3, 0.4) is 0 Å². The number of aromatic nitrogens is 6. The SMILES string of the molecule is COC1(c2cnnn2-c2ncn3c4ccc(F)cc4c(=O)n(C)c23)CC1. The van der Waals surface area contributed by atoms with Crippen molar-refractivity contribution in [1.29, 1.82) is 0 Å². The minimum absolute atomic E-state index is 0.290. The van der Waals surface area contributed by atoms with E-state index in [-0.39, 0.29) is 5.56 Å². The van der Waals surface area contributed by atoms with Crippen LogP contribution in [0, 0.1) is 5.82 Å². The van der Waals surface area contributed by atoms with Gasteiger partial charge in [0.2, 0.25) is 0 Å². The molecule has 3 aromatic heterocycles. The first-order valence-electron chi connectivity index (χ1n) is 8.18. The van der Waals surface area contributed by atoms with E-state index in [1.807, 2.05) is 0 Å². The Kier molecular flexibility index (Phi) is 2.91. The third-order valence-corrected chi connectivity index (χ3v) is 5.11. The fraction of sp³-hybridized carbons (Fsp3) is 0.294. The summed E-state index contributed by atoms with van der Waals surface area (Å²) in [7, 11) is 3.29. The van der Waals surface area contributed by atoms with Crippen LogP contribution in [0.5, 0.6) is 0 Å². The molecule has 5 rings (SSSR count). The van der Waals surface area contributed by atoms with Gasteiger partial charge in [-0.05, 0) is 31.0 Å². The number of ether oxygens (including phenoxy) is 1. The van der Waals surface area contributed by atoms with Gasteiger partial charge in [-0.15, -0.1) is 5.10 Å². The molecule has 0 saturated heterocycles. The minimum Gasteiger partial charge on any atom is -0.372 e. The van der Waals surface area contributed by atoms with Gasteiger partial charge >= 0.3 is 0 Å². The lowest BCUT2D eigenvalue weighted by Gasteiger charge is -2.14. The summed E-state index contributed by atoms with van der Waals surface area (Å²) in [5.41, 5.74) is 1.22. The molecule has 132 valence electrons. The molecular weight excluding hydrogens is 339 g/mol. The molecule has 0 bridgehead atoms. The molecule has 8 nitrogen and oxygen atoms in total. The average molecular weight is 354 g/mol. The molecule has 1 aliphatic carbocycles. The maximum absolute atomic E-state index is 13.6. The molecule has 26 heavy (non-hydrogen) atoms. The van der Waals surface area contributed by atoms with E-state index in [2.05, 4.69) is 15.3 Å². The average Bonchev–Trinajstić information content (AvgIpc) is 3.07. The number of benzene rings is 1. The third-order valence-electron chi connectivity index (χ3n) is 5.11. The lowest BCUT2D eigenvalue weighted by molar-refractivity contribution is 0.0729. The highest BCUT2D eigenvalue weighted by molar-refractivity contribution is 5.82. The van der Waals surface area contributed by atoms with Crippen molar-refractivity contribution in [3.05, 3.63) is 52.6 Å². The number of nitrogens with zero attached hydrogens (tertiary/aromatic N) is 6. The summed E-state index contributed by atoms with van der Waals surface area (Å²) in [6.07, 6.45) is 5.02. The molecule has 0 atom stereocenters. The van der Waals surface area contributed by atoms with Crippen molar-refractivity contribution in [2.24, 2.45) is 7.05 Å². The molecule has 0 unspecified atom stereocenters. The zero-order valence-corrected chi connectivity index (χ0v) is 14.2. The monoisotopic (exact) mass is 354 g/mol. The van der Waals surface area contributed by atoms with Crippen LogP contribution in [0.25, 0.3) is 22.4 Å². The van der Waals surface area contributed by atoms with Crippen molar-refractivity contribution in [3.8, 4) is 5.82 Å². The number of methoxy groups -OCH3 is 1. The second-order valence-electron chi connectivity index (χ2n) is 6.52.